The molecule has 0 amide bonds. The predicted octanol–water partition coefficient (Wildman–Crippen LogP) is 0.760. The lowest BCUT2D eigenvalue weighted by Gasteiger charge is -2.40. The highest BCUT2D eigenvalue weighted by molar-refractivity contribution is 5.19. The summed E-state index contributed by atoms with van der Waals surface area (Å²) in [5.74, 6) is 0.642. The SMILES string of the molecule is CN1CC(N)CC2C=CC=CC21. The van der Waals surface area contributed by atoms with E-state index in [0.29, 0.717) is 18.0 Å². The zero-order valence-electron chi connectivity index (χ0n) is 7.48. The van der Waals surface area contributed by atoms with Gasteiger partial charge in [-0.2, -0.15) is 0 Å². The minimum Gasteiger partial charge on any atom is -0.327 e. The number of allylic oxidation sites excluding steroid dienone is 2. The number of hydrogen-bond acceptors (Lipinski definition) is 2. The van der Waals surface area contributed by atoms with Gasteiger partial charge in [-0.15, -0.1) is 0 Å². The monoisotopic (exact) mass is 164 g/mol. The number of nitrogens with two attached hydrogens (primary N) is 1. The van der Waals surface area contributed by atoms with Crippen LogP contribution in [0, 0.1) is 5.92 Å². The molecule has 1 heterocycles. The van der Waals surface area contributed by atoms with Crippen molar-refractivity contribution in [3.05, 3.63) is 24.3 Å². The zero-order valence-corrected chi connectivity index (χ0v) is 7.48. The van der Waals surface area contributed by atoms with Gasteiger partial charge >= 0.3 is 0 Å². The Labute approximate surface area is 73.7 Å². The normalized spacial score (nSPS) is 41.3. The highest BCUT2D eigenvalue weighted by Crippen LogP contribution is 2.26. The first kappa shape index (κ1) is 8.02. The van der Waals surface area contributed by atoms with Crippen LogP contribution in [0.4, 0.5) is 0 Å². The number of hydrogen-bond donors (Lipinski definition) is 1. The molecule has 0 aromatic carbocycles. The van der Waals surface area contributed by atoms with Gasteiger partial charge in [-0.25, -0.2) is 0 Å². The maximum absolute atomic E-state index is 5.93. The van der Waals surface area contributed by atoms with Crippen molar-refractivity contribution in [1.82, 2.24) is 4.90 Å². The lowest BCUT2D eigenvalue weighted by Crippen LogP contribution is -2.50. The van der Waals surface area contributed by atoms with Gasteiger partial charge in [-0.1, -0.05) is 24.3 Å². The zero-order chi connectivity index (χ0) is 8.55. The fourth-order valence-electron chi connectivity index (χ4n) is 2.25. The average Bonchev–Trinajstić information content (AvgIpc) is 2.04. The Morgan fingerprint density at radius 2 is 2.08 bits per heavy atom. The Bertz CT molecular complexity index is 220. The lowest BCUT2D eigenvalue weighted by molar-refractivity contribution is 0.161. The molecule has 2 heteroatoms. The first-order valence-corrected chi connectivity index (χ1v) is 4.58. The van der Waals surface area contributed by atoms with E-state index in [2.05, 4.69) is 36.3 Å². The molecule has 2 N–H and O–H groups in total. The van der Waals surface area contributed by atoms with Crippen LogP contribution in [-0.4, -0.2) is 30.6 Å². The number of rotatable bonds is 0. The Morgan fingerprint density at radius 3 is 2.92 bits per heavy atom. The number of piperidine rings is 1. The predicted molar refractivity (Wildman–Crippen MR) is 50.8 cm³/mol. The standard InChI is InChI=1S/C10H16N2/c1-12-7-9(11)6-8-4-2-3-5-10(8)12/h2-5,8-10H,6-7,11H2,1H3. The van der Waals surface area contributed by atoms with Gasteiger partial charge in [0.15, 0.2) is 0 Å². The van der Waals surface area contributed by atoms with Crippen LogP contribution in [0.15, 0.2) is 24.3 Å². The molecule has 0 aromatic rings. The van der Waals surface area contributed by atoms with E-state index in [1.807, 2.05) is 0 Å². The van der Waals surface area contributed by atoms with Crippen molar-refractivity contribution in [1.29, 1.82) is 0 Å². The Kier molecular flexibility index (Phi) is 2.03. The Morgan fingerprint density at radius 1 is 1.33 bits per heavy atom. The molecular formula is C10H16N2. The van der Waals surface area contributed by atoms with Gasteiger partial charge in [0, 0.05) is 18.6 Å². The molecule has 2 aliphatic rings. The van der Waals surface area contributed by atoms with E-state index < -0.39 is 0 Å². The van der Waals surface area contributed by atoms with Crippen LogP contribution in [0.5, 0.6) is 0 Å². The van der Waals surface area contributed by atoms with Crippen LogP contribution < -0.4 is 5.73 Å². The van der Waals surface area contributed by atoms with Crippen LogP contribution in [0.3, 0.4) is 0 Å². The minimum absolute atomic E-state index is 0.354. The van der Waals surface area contributed by atoms with Crippen molar-refractivity contribution in [2.24, 2.45) is 11.7 Å². The van der Waals surface area contributed by atoms with Crippen LogP contribution in [0.1, 0.15) is 6.42 Å². The summed E-state index contributed by atoms with van der Waals surface area (Å²) in [5, 5.41) is 0. The maximum Gasteiger partial charge on any atom is 0.0342 e. The number of fused-ring (bicyclic) bond motifs is 1. The number of likely N-dealkylation sites (N-methyl/N-ethyl adjacent to an activating group) is 1. The summed E-state index contributed by atoms with van der Waals surface area (Å²) >= 11 is 0. The molecule has 0 radical (unpaired) electrons. The molecule has 1 fully saturated rings. The molecule has 2 nitrogen and oxygen atoms in total. The molecule has 3 unspecified atom stereocenters. The largest absolute Gasteiger partial charge is 0.327 e. The van der Waals surface area contributed by atoms with Crippen molar-refractivity contribution in [2.75, 3.05) is 13.6 Å². The molecule has 66 valence electrons. The van der Waals surface area contributed by atoms with E-state index in [9.17, 15) is 0 Å². The fourth-order valence-corrected chi connectivity index (χ4v) is 2.25. The quantitative estimate of drug-likeness (QED) is 0.572. The molecule has 0 spiro atoms. The van der Waals surface area contributed by atoms with E-state index in [-0.39, 0.29) is 0 Å². The molecule has 1 aliphatic heterocycles. The third kappa shape index (κ3) is 1.32. The summed E-state index contributed by atoms with van der Waals surface area (Å²) in [4.78, 5) is 2.35. The van der Waals surface area contributed by atoms with Gasteiger partial charge < -0.3 is 5.73 Å². The van der Waals surface area contributed by atoms with Crippen LogP contribution in [0.25, 0.3) is 0 Å². The Hall–Kier alpha value is -0.600. The molecule has 0 aromatic heterocycles. The van der Waals surface area contributed by atoms with Gasteiger partial charge in [0.2, 0.25) is 0 Å². The van der Waals surface area contributed by atoms with Gasteiger partial charge in [0.05, 0.1) is 0 Å². The number of likely N-dealkylation sites (tertiary alicyclic amines) is 1. The molecule has 3 atom stereocenters. The molecule has 12 heavy (non-hydrogen) atoms. The van der Waals surface area contributed by atoms with Gasteiger partial charge in [0.1, 0.15) is 0 Å². The highest BCUT2D eigenvalue weighted by atomic mass is 15.2. The molecule has 1 aliphatic carbocycles. The summed E-state index contributed by atoms with van der Waals surface area (Å²) in [6.07, 6.45) is 9.95. The second-order valence-electron chi connectivity index (χ2n) is 3.86. The summed E-state index contributed by atoms with van der Waals surface area (Å²) in [6, 6.07) is 0.946. The van der Waals surface area contributed by atoms with Crippen molar-refractivity contribution in [3.8, 4) is 0 Å². The van der Waals surface area contributed by atoms with Crippen molar-refractivity contribution < 1.29 is 0 Å². The minimum atomic E-state index is 0.354. The van der Waals surface area contributed by atoms with Gasteiger partial charge in [-0.05, 0) is 19.4 Å². The van der Waals surface area contributed by atoms with Crippen molar-refractivity contribution in [3.63, 3.8) is 0 Å². The summed E-state index contributed by atoms with van der Waals surface area (Å²) in [7, 11) is 2.15. The number of nitrogens with zero attached hydrogens (tertiary/aromatic N) is 1. The third-order valence-corrected chi connectivity index (χ3v) is 2.82. The van der Waals surface area contributed by atoms with Gasteiger partial charge in [-0.3, -0.25) is 4.90 Å². The first-order chi connectivity index (χ1) is 5.77. The van der Waals surface area contributed by atoms with Crippen molar-refractivity contribution >= 4 is 0 Å². The third-order valence-electron chi connectivity index (χ3n) is 2.82. The molecular weight excluding hydrogens is 148 g/mol. The van der Waals surface area contributed by atoms with E-state index in [1.54, 1.807) is 0 Å². The van der Waals surface area contributed by atoms with E-state index in [4.69, 9.17) is 5.73 Å². The first-order valence-electron chi connectivity index (χ1n) is 4.58. The molecule has 0 saturated carbocycles. The summed E-state index contributed by atoms with van der Waals surface area (Å²) in [6.45, 7) is 1.03. The van der Waals surface area contributed by atoms with Crippen LogP contribution in [-0.2, 0) is 0 Å². The fraction of sp³-hybridized carbons (Fsp3) is 0.600. The van der Waals surface area contributed by atoms with E-state index in [0.717, 1.165) is 13.0 Å². The Balaban J connectivity index is 2.14. The van der Waals surface area contributed by atoms with Gasteiger partial charge in [0.25, 0.3) is 0 Å². The second kappa shape index (κ2) is 3.04. The average molecular weight is 164 g/mol. The van der Waals surface area contributed by atoms with Crippen LogP contribution in [0.2, 0.25) is 0 Å². The summed E-state index contributed by atoms with van der Waals surface area (Å²) < 4.78 is 0. The smallest absolute Gasteiger partial charge is 0.0342 e. The van der Waals surface area contributed by atoms with E-state index in [1.165, 1.54) is 0 Å². The maximum atomic E-state index is 5.93. The van der Waals surface area contributed by atoms with E-state index >= 15 is 0 Å². The lowest BCUT2D eigenvalue weighted by atomic mass is 9.84. The summed E-state index contributed by atoms with van der Waals surface area (Å²) in [5.41, 5.74) is 5.93. The molecule has 0 bridgehead atoms. The second-order valence-corrected chi connectivity index (χ2v) is 3.86. The highest BCUT2D eigenvalue weighted by Gasteiger charge is 2.29. The van der Waals surface area contributed by atoms with Crippen molar-refractivity contribution in [2.45, 2.75) is 18.5 Å². The topological polar surface area (TPSA) is 29.3 Å². The molecule has 2 rings (SSSR count). The van der Waals surface area contributed by atoms with Crippen LogP contribution >= 0.6 is 0 Å². The molecule has 1 saturated heterocycles.